The van der Waals surface area contributed by atoms with E-state index in [9.17, 15) is 9.59 Å². The molecule has 0 atom stereocenters. The van der Waals surface area contributed by atoms with E-state index >= 15 is 0 Å². The second-order valence-corrected chi connectivity index (χ2v) is 7.23. The van der Waals surface area contributed by atoms with Gasteiger partial charge in [0.2, 0.25) is 0 Å². The number of benzene rings is 2. The monoisotopic (exact) mass is 388 g/mol. The quantitative estimate of drug-likeness (QED) is 0.688. The fourth-order valence-electron chi connectivity index (χ4n) is 3.85. The highest BCUT2D eigenvalue weighted by Gasteiger charge is 2.29. The van der Waals surface area contributed by atoms with Gasteiger partial charge in [-0.15, -0.1) is 0 Å². The van der Waals surface area contributed by atoms with Crippen LogP contribution in [0, 0.1) is 0 Å². The highest BCUT2D eigenvalue weighted by Crippen LogP contribution is 2.29. The van der Waals surface area contributed by atoms with Crippen LogP contribution in [0.4, 0.5) is 0 Å². The molecule has 0 spiro atoms. The molecule has 1 saturated heterocycles. The number of nitrogens with zero attached hydrogens (tertiary/aromatic N) is 4. The van der Waals surface area contributed by atoms with E-state index in [0.29, 0.717) is 18.8 Å². The molecule has 0 aliphatic carbocycles. The van der Waals surface area contributed by atoms with Crippen LogP contribution in [0.5, 0.6) is 0 Å². The van der Waals surface area contributed by atoms with Gasteiger partial charge in [-0.2, -0.15) is 5.10 Å². The minimum atomic E-state index is -0.222. The van der Waals surface area contributed by atoms with E-state index in [1.54, 1.807) is 7.05 Å². The predicted octanol–water partition coefficient (Wildman–Crippen LogP) is 2.33. The van der Waals surface area contributed by atoms with E-state index in [0.717, 1.165) is 13.1 Å². The number of piperazine rings is 1. The van der Waals surface area contributed by atoms with E-state index in [4.69, 9.17) is 0 Å². The summed E-state index contributed by atoms with van der Waals surface area (Å²) in [4.78, 5) is 28.6. The lowest BCUT2D eigenvalue weighted by molar-refractivity contribution is 0.0589. The Morgan fingerprint density at radius 3 is 1.90 bits per heavy atom. The van der Waals surface area contributed by atoms with Gasteiger partial charge in [0.05, 0.1) is 6.04 Å². The van der Waals surface area contributed by atoms with Gasteiger partial charge in [0.15, 0.2) is 0 Å². The number of amides is 1. The first-order chi connectivity index (χ1) is 14.1. The third-order valence-corrected chi connectivity index (χ3v) is 5.38. The largest absolute Gasteiger partial charge is 0.335 e. The molecule has 6 heteroatoms. The van der Waals surface area contributed by atoms with Crippen LogP contribution in [0.15, 0.2) is 77.6 Å². The van der Waals surface area contributed by atoms with Crippen molar-refractivity contribution in [3.05, 3.63) is 100.0 Å². The molecule has 0 saturated carbocycles. The van der Waals surface area contributed by atoms with Gasteiger partial charge in [-0.1, -0.05) is 60.7 Å². The molecule has 0 unspecified atom stereocenters. The lowest BCUT2D eigenvalue weighted by Gasteiger charge is -2.39. The lowest BCUT2D eigenvalue weighted by atomic mass is 9.96. The van der Waals surface area contributed by atoms with Crippen LogP contribution >= 0.6 is 0 Å². The van der Waals surface area contributed by atoms with Crippen molar-refractivity contribution in [3.8, 4) is 0 Å². The Morgan fingerprint density at radius 2 is 1.38 bits per heavy atom. The second-order valence-electron chi connectivity index (χ2n) is 7.23. The fourth-order valence-corrected chi connectivity index (χ4v) is 3.85. The summed E-state index contributed by atoms with van der Waals surface area (Å²) in [5.74, 6) is -0.128. The van der Waals surface area contributed by atoms with Crippen LogP contribution in [0.3, 0.4) is 0 Å². The Bertz CT molecular complexity index is 986. The third kappa shape index (κ3) is 4.12. The molecule has 148 valence electrons. The topological polar surface area (TPSA) is 58.4 Å². The van der Waals surface area contributed by atoms with Crippen molar-refractivity contribution < 1.29 is 4.79 Å². The van der Waals surface area contributed by atoms with Gasteiger partial charge >= 0.3 is 0 Å². The molecule has 3 aromatic rings. The Balaban J connectivity index is 1.51. The Labute approximate surface area is 170 Å². The summed E-state index contributed by atoms with van der Waals surface area (Å²) in [5.41, 5.74) is 2.58. The average Bonchev–Trinajstić information content (AvgIpc) is 2.77. The van der Waals surface area contributed by atoms with Gasteiger partial charge in [-0.05, 0) is 17.2 Å². The van der Waals surface area contributed by atoms with E-state index < -0.39 is 0 Å². The van der Waals surface area contributed by atoms with Gasteiger partial charge in [0.25, 0.3) is 11.5 Å². The van der Waals surface area contributed by atoms with Crippen molar-refractivity contribution in [2.75, 3.05) is 26.2 Å². The molecule has 1 aliphatic rings. The number of aromatic nitrogens is 2. The van der Waals surface area contributed by atoms with E-state index in [-0.39, 0.29) is 17.5 Å². The van der Waals surface area contributed by atoms with E-state index in [2.05, 4.69) is 58.5 Å². The van der Waals surface area contributed by atoms with Crippen molar-refractivity contribution in [2.24, 2.45) is 7.05 Å². The molecule has 4 rings (SSSR count). The minimum Gasteiger partial charge on any atom is -0.335 e. The van der Waals surface area contributed by atoms with Crippen LogP contribution < -0.4 is 5.56 Å². The van der Waals surface area contributed by atoms with Crippen LogP contribution in [-0.4, -0.2) is 51.7 Å². The zero-order chi connectivity index (χ0) is 20.2. The number of carbonyl (C=O) groups is 1. The summed E-state index contributed by atoms with van der Waals surface area (Å²) in [6.07, 6.45) is 0. The van der Waals surface area contributed by atoms with Crippen molar-refractivity contribution in [1.82, 2.24) is 19.6 Å². The Kier molecular flexibility index (Phi) is 5.53. The Hall–Kier alpha value is -3.25. The molecule has 1 aromatic heterocycles. The zero-order valence-electron chi connectivity index (χ0n) is 16.4. The number of rotatable bonds is 4. The molecular weight excluding hydrogens is 364 g/mol. The van der Waals surface area contributed by atoms with Crippen molar-refractivity contribution >= 4 is 5.91 Å². The number of hydrogen-bond acceptors (Lipinski definition) is 4. The van der Waals surface area contributed by atoms with Crippen molar-refractivity contribution in [3.63, 3.8) is 0 Å². The van der Waals surface area contributed by atoms with Gasteiger partial charge in [0, 0.05) is 39.3 Å². The molecule has 1 aliphatic heterocycles. The van der Waals surface area contributed by atoms with Crippen LogP contribution in [0.25, 0.3) is 0 Å². The van der Waals surface area contributed by atoms with E-state index in [1.165, 1.54) is 27.9 Å². The van der Waals surface area contributed by atoms with Crippen LogP contribution in [0.1, 0.15) is 27.7 Å². The van der Waals surface area contributed by atoms with E-state index in [1.807, 2.05) is 17.0 Å². The first kappa shape index (κ1) is 19.1. The molecule has 1 amide bonds. The molecule has 0 N–H and O–H groups in total. The highest BCUT2D eigenvalue weighted by molar-refractivity contribution is 5.92. The summed E-state index contributed by atoms with van der Waals surface area (Å²) < 4.78 is 1.20. The smallest absolute Gasteiger partial charge is 0.274 e. The normalized spacial score (nSPS) is 14.9. The second kappa shape index (κ2) is 8.41. The Morgan fingerprint density at radius 1 is 0.828 bits per heavy atom. The summed E-state index contributed by atoms with van der Waals surface area (Å²) in [7, 11) is 1.56. The summed E-state index contributed by atoms with van der Waals surface area (Å²) in [5, 5.41) is 4.10. The molecule has 6 nitrogen and oxygen atoms in total. The molecule has 2 aromatic carbocycles. The molecule has 2 heterocycles. The maximum Gasteiger partial charge on any atom is 0.274 e. The molecular formula is C23H24N4O2. The van der Waals surface area contributed by atoms with Gasteiger partial charge in [-0.3, -0.25) is 14.5 Å². The van der Waals surface area contributed by atoms with Crippen molar-refractivity contribution in [2.45, 2.75) is 6.04 Å². The van der Waals surface area contributed by atoms with Gasteiger partial charge in [-0.25, -0.2) is 4.68 Å². The maximum atomic E-state index is 12.8. The zero-order valence-corrected chi connectivity index (χ0v) is 16.4. The van der Waals surface area contributed by atoms with Crippen LogP contribution in [-0.2, 0) is 7.05 Å². The molecule has 0 radical (unpaired) electrons. The average molecular weight is 388 g/mol. The summed E-state index contributed by atoms with van der Waals surface area (Å²) in [6, 6.07) is 24.0. The van der Waals surface area contributed by atoms with Gasteiger partial charge < -0.3 is 4.90 Å². The molecule has 29 heavy (non-hydrogen) atoms. The maximum absolute atomic E-state index is 12.8. The third-order valence-electron chi connectivity index (χ3n) is 5.38. The number of hydrogen-bond donors (Lipinski definition) is 0. The number of carbonyl (C=O) groups excluding carboxylic acids is 1. The summed E-state index contributed by atoms with van der Waals surface area (Å²) in [6.45, 7) is 2.79. The molecule has 1 fully saturated rings. The highest BCUT2D eigenvalue weighted by atomic mass is 16.2. The van der Waals surface area contributed by atoms with Crippen LogP contribution in [0.2, 0.25) is 0 Å². The summed E-state index contributed by atoms with van der Waals surface area (Å²) >= 11 is 0. The lowest BCUT2D eigenvalue weighted by Crippen LogP contribution is -2.50. The van der Waals surface area contributed by atoms with Crippen molar-refractivity contribution in [1.29, 1.82) is 0 Å². The standard InChI is InChI=1S/C23H24N4O2/c1-25-21(28)13-12-20(24-25)23(29)27-16-14-26(15-17-27)22(18-8-4-2-5-9-18)19-10-6-3-7-11-19/h2-13,22H,14-17H2,1H3. The first-order valence-corrected chi connectivity index (χ1v) is 9.81. The minimum absolute atomic E-state index is 0.128. The first-order valence-electron chi connectivity index (χ1n) is 9.81. The fraction of sp³-hybridized carbons (Fsp3) is 0.261. The predicted molar refractivity (Wildman–Crippen MR) is 112 cm³/mol. The van der Waals surface area contributed by atoms with Gasteiger partial charge in [0.1, 0.15) is 5.69 Å². The number of aryl methyl sites for hydroxylation is 1. The molecule has 0 bridgehead atoms. The SMILES string of the molecule is Cn1nc(C(=O)N2CCN(C(c3ccccc3)c3ccccc3)CC2)ccc1=O.